The molecule has 108 valence electrons. The van der Waals surface area contributed by atoms with E-state index >= 15 is 0 Å². The molecule has 0 saturated heterocycles. The number of nitrogens with one attached hydrogen (secondary N) is 2. The predicted molar refractivity (Wildman–Crippen MR) is 80.4 cm³/mol. The van der Waals surface area contributed by atoms with Crippen LogP contribution < -0.4 is 10.6 Å². The molecule has 0 unspecified atom stereocenters. The molecule has 3 heterocycles. The number of rotatable bonds is 3. The van der Waals surface area contributed by atoms with Crippen molar-refractivity contribution in [2.75, 3.05) is 5.32 Å². The van der Waals surface area contributed by atoms with Crippen LogP contribution in [0.5, 0.6) is 0 Å². The van der Waals surface area contributed by atoms with Gasteiger partial charge in [-0.2, -0.15) is 0 Å². The number of urea groups is 1. The Kier molecular flexibility index (Phi) is 3.53. The first-order chi connectivity index (χ1) is 10.1. The van der Waals surface area contributed by atoms with Gasteiger partial charge in [-0.15, -0.1) is 21.5 Å². The number of amides is 2. The second-order valence-corrected chi connectivity index (χ2v) is 5.80. The summed E-state index contributed by atoms with van der Waals surface area (Å²) in [6, 6.07) is 5.19. The van der Waals surface area contributed by atoms with Gasteiger partial charge < -0.3 is 5.32 Å². The fourth-order valence-electron chi connectivity index (χ4n) is 1.84. The molecule has 0 aromatic carbocycles. The van der Waals surface area contributed by atoms with E-state index in [1.165, 1.54) is 0 Å². The molecule has 3 aromatic heterocycles. The van der Waals surface area contributed by atoms with E-state index < -0.39 is 0 Å². The van der Waals surface area contributed by atoms with Crippen LogP contribution >= 0.6 is 11.3 Å². The first-order valence-electron chi connectivity index (χ1n) is 6.41. The lowest BCUT2D eigenvalue weighted by Gasteiger charge is -2.04. The monoisotopic (exact) mass is 302 g/mol. The molecule has 0 atom stereocenters. The molecule has 8 heteroatoms. The third-order valence-electron chi connectivity index (χ3n) is 3.01. The normalized spacial score (nSPS) is 10.8. The van der Waals surface area contributed by atoms with E-state index in [2.05, 4.69) is 25.8 Å². The minimum absolute atomic E-state index is 0.335. The van der Waals surface area contributed by atoms with Gasteiger partial charge in [0, 0.05) is 11.1 Å². The number of fused-ring (bicyclic) bond motifs is 1. The van der Waals surface area contributed by atoms with Gasteiger partial charge in [0.15, 0.2) is 5.65 Å². The van der Waals surface area contributed by atoms with Crippen LogP contribution in [0.25, 0.3) is 5.65 Å². The van der Waals surface area contributed by atoms with E-state index in [1.54, 1.807) is 21.9 Å². The topological polar surface area (TPSA) is 84.2 Å². The number of anilines is 1. The number of thiazole rings is 1. The van der Waals surface area contributed by atoms with Crippen molar-refractivity contribution < 1.29 is 4.79 Å². The number of aromatic nitrogens is 4. The lowest BCUT2D eigenvalue weighted by Crippen LogP contribution is -2.29. The second-order valence-electron chi connectivity index (χ2n) is 4.51. The number of aryl methyl sites for hydroxylation is 2. The van der Waals surface area contributed by atoms with Crippen molar-refractivity contribution in [2.45, 2.75) is 20.4 Å². The number of hydrogen-bond acceptors (Lipinski definition) is 5. The highest BCUT2D eigenvalue weighted by atomic mass is 32.1. The molecule has 0 aliphatic carbocycles. The van der Waals surface area contributed by atoms with Crippen LogP contribution in [0, 0.1) is 13.8 Å². The zero-order valence-electron chi connectivity index (χ0n) is 11.6. The summed E-state index contributed by atoms with van der Waals surface area (Å²) in [5, 5.41) is 14.2. The van der Waals surface area contributed by atoms with Gasteiger partial charge in [0.1, 0.15) is 5.01 Å². The molecular weight excluding hydrogens is 288 g/mol. The van der Waals surface area contributed by atoms with E-state index in [0.717, 1.165) is 15.6 Å². The summed E-state index contributed by atoms with van der Waals surface area (Å²) in [6.45, 7) is 4.36. The average molecular weight is 302 g/mol. The molecule has 0 aliphatic rings. The zero-order chi connectivity index (χ0) is 14.8. The molecule has 21 heavy (non-hydrogen) atoms. The molecule has 0 radical (unpaired) electrons. The molecule has 2 amide bonds. The van der Waals surface area contributed by atoms with Gasteiger partial charge in [0.25, 0.3) is 0 Å². The van der Waals surface area contributed by atoms with Gasteiger partial charge in [-0.25, -0.2) is 9.78 Å². The van der Waals surface area contributed by atoms with Crippen molar-refractivity contribution in [2.24, 2.45) is 0 Å². The fourth-order valence-corrected chi connectivity index (χ4v) is 2.72. The summed E-state index contributed by atoms with van der Waals surface area (Å²) in [4.78, 5) is 17.4. The molecule has 0 bridgehead atoms. The van der Waals surface area contributed by atoms with E-state index in [-0.39, 0.29) is 6.03 Å². The SMILES string of the molecule is Cc1nc(CNC(=O)Nc2nnc3ccccn23)sc1C. The van der Waals surface area contributed by atoms with Crippen molar-refractivity contribution >= 4 is 29.0 Å². The van der Waals surface area contributed by atoms with Crippen molar-refractivity contribution in [3.63, 3.8) is 0 Å². The van der Waals surface area contributed by atoms with Crippen molar-refractivity contribution in [3.8, 4) is 0 Å². The standard InChI is InChI=1S/C13H14N6OS/c1-8-9(2)21-11(15-8)7-14-13(20)16-12-18-17-10-5-3-4-6-19(10)12/h3-6H,7H2,1-2H3,(H2,14,16,18,20). The van der Waals surface area contributed by atoms with Crippen LogP contribution in [0.4, 0.5) is 10.7 Å². The Labute approximate surface area is 125 Å². The summed E-state index contributed by atoms with van der Waals surface area (Å²) in [5.74, 6) is 0.384. The first kappa shape index (κ1) is 13.5. The number of pyridine rings is 1. The highest BCUT2D eigenvalue weighted by Crippen LogP contribution is 2.16. The maximum absolute atomic E-state index is 11.9. The maximum atomic E-state index is 11.9. The Bertz CT molecular complexity index is 773. The maximum Gasteiger partial charge on any atom is 0.321 e. The number of carbonyl (C=O) groups excluding carboxylic acids is 1. The van der Waals surface area contributed by atoms with Crippen molar-refractivity contribution in [1.29, 1.82) is 0 Å². The highest BCUT2D eigenvalue weighted by molar-refractivity contribution is 7.11. The molecular formula is C13H14N6OS. The van der Waals surface area contributed by atoms with E-state index in [4.69, 9.17) is 0 Å². The number of nitrogens with zero attached hydrogens (tertiary/aromatic N) is 4. The molecule has 0 saturated carbocycles. The minimum atomic E-state index is -0.335. The second kappa shape index (κ2) is 5.49. The van der Waals surface area contributed by atoms with Gasteiger partial charge in [0.2, 0.25) is 5.95 Å². The van der Waals surface area contributed by atoms with Gasteiger partial charge in [-0.1, -0.05) is 6.07 Å². The van der Waals surface area contributed by atoms with Gasteiger partial charge in [0.05, 0.1) is 12.2 Å². The van der Waals surface area contributed by atoms with E-state index in [9.17, 15) is 4.79 Å². The summed E-state index contributed by atoms with van der Waals surface area (Å²) in [6.07, 6.45) is 1.79. The lowest BCUT2D eigenvalue weighted by atomic mass is 10.4. The van der Waals surface area contributed by atoms with E-state index in [1.807, 2.05) is 32.0 Å². The van der Waals surface area contributed by atoms with Crippen molar-refractivity contribution in [3.05, 3.63) is 40.0 Å². The van der Waals surface area contributed by atoms with E-state index in [0.29, 0.717) is 18.1 Å². The van der Waals surface area contributed by atoms with Gasteiger partial charge >= 0.3 is 6.03 Å². The summed E-state index contributed by atoms with van der Waals surface area (Å²) in [5.41, 5.74) is 1.68. The molecule has 7 nitrogen and oxygen atoms in total. The first-order valence-corrected chi connectivity index (χ1v) is 7.22. The number of hydrogen-bond donors (Lipinski definition) is 2. The van der Waals surface area contributed by atoms with Crippen LogP contribution in [0.1, 0.15) is 15.6 Å². The fraction of sp³-hybridized carbons (Fsp3) is 0.231. The van der Waals surface area contributed by atoms with Crippen LogP contribution in [0.3, 0.4) is 0 Å². The highest BCUT2D eigenvalue weighted by Gasteiger charge is 2.09. The Morgan fingerprint density at radius 1 is 1.33 bits per heavy atom. The quantitative estimate of drug-likeness (QED) is 0.776. The Hall–Kier alpha value is -2.48. The predicted octanol–water partition coefficient (Wildman–Crippen LogP) is 2.12. The smallest absolute Gasteiger partial charge is 0.321 e. The third-order valence-corrected chi connectivity index (χ3v) is 4.08. The van der Waals surface area contributed by atoms with Crippen LogP contribution in [-0.4, -0.2) is 25.6 Å². The zero-order valence-corrected chi connectivity index (χ0v) is 12.4. The Balaban J connectivity index is 1.64. The molecule has 0 spiro atoms. The largest absolute Gasteiger partial charge is 0.331 e. The Morgan fingerprint density at radius 2 is 2.19 bits per heavy atom. The summed E-state index contributed by atoms with van der Waals surface area (Å²) in [7, 11) is 0. The average Bonchev–Trinajstić information content (AvgIpc) is 3.02. The molecule has 0 fully saturated rings. The molecule has 3 rings (SSSR count). The summed E-state index contributed by atoms with van der Waals surface area (Å²) >= 11 is 1.58. The molecule has 2 N–H and O–H groups in total. The summed E-state index contributed by atoms with van der Waals surface area (Å²) < 4.78 is 1.71. The third kappa shape index (κ3) is 2.84. The van der Waals surface area contributed by atoms with Crippen LogP contribution in [0.2, 0.25) is 0 Å². The van der Waals surface area contributed by atoms with Crippen LogP contribution in [-0.2, 0) is 6.54 Å². The molecule has 3 aromatic rings. The number of carbonyl (C=O) groups is 1. The van der Waals surface area contributed by atoms with Crippen molar-refractivity contribution in [1.82, 2.24) is 24.9 Å². The molecule has 0 aliphatic heterocycles. The Morgan fingerprint density at radius 3 is 2.95 bits per heavy atom. The van der Waals surface area contributed by atoms with Crippen LogP contribution in [0.15, 0.2) is 24.4 Å². The minimum Gasteiger partial charge on any atom is -0.331 e. The lowest BCUT2D eigenvalue weighted by molar-refractivity contribution is 0.251. The van der Waals surface area contributed by atoms with Gasteiger partial charge in [-0.05, 0) is 26.0 Å². The van der Waals surface area contributed by atoms with Gasteiger partial charge in [-0.3, -0.25) is 9.72 Å².